The van der Waals surface area contributed by atoms with Crippen molar-refractivity contribution >= 4 is 11.6 Å². The molecule has 14 heavy (non-hydrogen) atoms. The quantitative estimate of drug-likeness (QED) is 0.703. The SMILES string of the molecule is Cc1ccc(CN(C)CC(C)CCl)o1. The van der Waals surface area contributed by atoms with E-state index in [-0.39, 0.29) is 0 Å². The summed E-state index contributed by atoms with van der Waals surface area (Å²) in [5.74, 6) is 3.23. The molecule has 1 rings (SSSR count). The Labute approximate surface area is 90.8 Å². The summed E-state index contributed by atoms with van der Waals surface area (Å²) in [6, 6.07) is 4.02. The fraction of sp³-hybridized carbons (Fsp3) is 0.636. The van der Waals surface area contributed by atoms with Gasteiger partial charge in [0.25, 0.3) is 0 Å². The number of furan rings is 1. The molecule has 0 aliphatic rings. The zero-order chi connectivity index (χ0) is 10.6. The van der Waals surface area contributed by atoms with Gasteiger partial charge in [-0.25, -0.2) is 0 Å². The van der Waals surface area contributed by atoms with Crippen molar-refractivity contribution in [1.29, 1.82) is 0 Å². The van der Waals surface area contributed by atoms with Crippen LogP contribution in [0.3, 0.4) is 0 Å². The van der Waals surface area contributed by atoms with E-state index in [1.165, 1.54) is 0 Å². The van der Waals surface area contributed by atoms with Crippen molar-refractivity contribution in [2.45, 2.75) is 20.4 Å². The maximum absolute atomic E-state index is 5.75. The molecule has 1 heterocycles. The van der Waals surface area contributed by atoms with Gasteiger partial charge >= 0.3 is 0 Å². The summed E-state index contributed by atoms with van der Waals surface area (Å²) >= 11 is 5.75. The highest BCUT2D eigenvalue weighted by atomic mass is 35.5. The van der Waals surface area contributed by atoms with E-state index in [0.29, 0.717) is 11.8 Å². The normalized spacial score (nSPS) is 13.5. The standard InChI is InChI=1S/C11H18ClNO/c1-9(6-12)7-13(3)8-11-5-4-10(2)14-11/h4-5,9H,6-8H2,1-3H3. The number of rotatable bonds is 5. The molecule has 80 valence electrons. The molecule has 0 saturated carbocycles. The second-order valence-corrected chi connectivity index (χ2v) is 4.28. The predicted octanol–water partition coefficient (Wildman–Crippen LogP) is 2.89. The Bertz CT molecular complexity index is 272. The molecule has 0 bridgehead atoms. The molecular weight excluding hydrogens is 198 g/mol. The molecule has 1 unspecified atom stereocenters. The molecule has 0 aliphatic carbocycles. The van der Waals surface area contributed by atoms with Crippen molar-refractivity contribution in [3.63, 3.8) is 0 Å². The maximum Gasteiger partial charge on any atom is 0.118 e. The van der Waals surface area contributed by atoms with E-state index in [2.05, 4.69) is 18.9 Å². The van der Waals surface area contributed by atoms with Crippen LogP contribution in [-0.4, -0.2) is 24.4 Å². The van der Waals surface area contributed by atoms with E-state index in [0.717, 1.165) is 24.6 Å². The average Bonchev–Trinajstić information content (AvgIpc) is 2.50. The van der Waals surface area contributed by atoms with Crippen LogP contribution in [0.25, 0.3) is 0 Å². The Morgan fingerprint density at radius 3 is 2.71 bits per heavy atom. The Morgan fingerprint density at radius 2 is 2.21 bits per heavy atom. The van der Waals surface area contributed by atoms with Crippen LogP contribution in [0.4, 0.5) is 0 Å². The van der Waals surface area contributed by atoms with E-state index in [9.17, 15) is 0 Å². The molecule has 0 amide bonds. The van der Waals surface area contributed by atoms with Gasteiger partial charge in [0.15, 0.2) is 0 Å². The molecule has 0 radical (unpaired) electrons. The largest absolute Gasteiger partial charge is 0.465 e. The van der Waals surface area contributed by atoms with E-state index in [1.807, 2.05) is 19.1 Å². The van der Waals surface area contributed by atoms with Crippen molar-refractivity contribution in [3.8, 4) is 0 Å². The number of hydrogen-bond donors (Lipinski definition) is 0. The third-order valence-corrected chi connectivity index (χ3v) is 2.64. The summed E-state index contributed by atoms with van der Waals surface area (Å²) in [6.07, 6.45) is 0. The molecule has 0 spiro atoms. The Hall–Kier alpha value is -0.470. The molecular formula is C11H18ClNO. The van der Waals surface area contributed by atoms with Crippen molar-refractivity contribution in [3.05, 3.63) is 23.7 Å². The van der Waals surface area contributed by atoms with Crippen LogP contribution >= 0.6 is 11.6 Å². The lowest BCUT2D eigenvalue weighted by molar-refractivity contribution is 0.264. The Morgan fingerprint density at radius 1 is 1.50 bits per heavy atom. The van der Waals surface area contributed by atoms with Gasteiger partial charge in [-0.1, -0.05) is 6.92 Å². The summed E-state index contributed by atoms with van der Waals surface area (Å²) < 4.78 is 5.49. The van der Waals surface area contributed by atoms with Gasteiger partial charge in [0.2, 0.25) is 0 Å². The Balaban J connectivity index is 2.37. The van der Waals surface area contributed by atoms with Gasteiger partial charge in [-0.15, -0.1) is 11.6 Å². The first-order chi connectivity index (χ1) is 6.61. The minimum absolute atomic E-state index is 0.526. The van der Waals surface area contributed by atoms with Crippen LogP contribution in [0.15, 0.2) is 16.5 Å². The second-order valence-electron chi connectivity index (χ2n) is 3.97. The zero-order valence-corrected chi connectivity index (χ0v) is 9.84. The van der Waals surface area contributed by atoms with Crippen LogP contribution in [0.2, 0.25) is 0 Å². The van der Waals surface area contributed by atoms with Crippen LogP contribution in [-0.2, 0) is 6.54 Å². The summed E-state index contributed by atoms with van der Waals surface area (Å²) in [5, 5.41) is 0. The van der Waals surface area contributed by atoms with Crippen LogP contribution in [0.5, 0.6) is 0 Å². The van der Waals surface area contributed by atoms with Crippen molar-refractivity contribution in [2.75, 3.05) is 19.5 Å². The van der Waals surface area contributed by atoms with Gasteiger partial charge in [0.1, 0.15) is 11.5 Å². The molecule has 0 saturated heterocycles. The highest BCUT2D eigenvalue weighted by Gasteiger charge is 2.07. The number of nitrogens with zero attached hydrogens (tertiary/aromatic N) is 1. The molecule has 2 nitrogen and oxygen atoms in total. The predicted molar refractivity (Wildman–Crippen MR) is 59.7 cm³/mol. The van der Waals surface area contributed by atoms with Crippen LogP contribution < -0.4 is 0 Å². The lowest BCUT2D eigenvalue weighted by atomic mass is 10.2. The third-order valence-electron chi connectivity index (χ3n) is 2.11. The summed E-state index contributed by atoms with van der Waals surface area (Å²) in [7, 11) is 2.08. The molecule has 0 N–H and O–H groups in total. The van der Waals surface area contributed by atoms with Crippen molar-refractivity contribution in [1.82, 2.24) is 4.90 Å². The average molecular weight is 216 g/mol. The van der Waals surface area contributed by atoms with Gasteiger partial charge in [-0.05, 0) is 32.0 Å². The number of hydrogen-bond acceptors (Lipinski definition) is 2. The molecule has 1 aromatic rings. The van der Waals surface area contributed by atoms with Gasteiger partial charge in [-0.2, -0.15) is 0 Å². The van der Waals surface area contributed by atoms with E-state index in [4.69, 9.17) is 16.0 Å². The smallest absolute Gasteiger partial charge is 0.118 e. The number of alkyl halides is 1. The fourth-order valence-electron chi connectivity index (χ4n) is 1.48. The first kappa shape index (κ1) is 11.6. The third kappa shape index (κ3) is 3.72. The maximum atomic E-state index is 5.75. The molecule has 0 aliphatic heterocycles. The lowest BCUT2D eigenvalue weighted by Crippen LogP contribution is -2.24. The highest BCUT2D eigenvalue weighted by Crippen LogP contribution is 2.10. The molecule has 1 aromatic heterocycles. The fourth-order valence-corrected chi connectivity index (χ4v) is 1.58. The van der Waals surface area contributed by atoms with E-state index in [1.54, 1.807) is 0 Å². The minimum atomic E-state index is 0.526. The first-order valence-corrected chi connectivity index (χ1v) is 5.45. The molecule has 0 aromatic carbocycles. The van der Waals surface area contributed by atoms with Crippen molar-refractivity contribution < 1.29 is 4.42 Å². The van der Waals surface area contributed by atoms with E-state index < -0.39 is 0 Å². The van der Waals surface area contributed by atoms with Gasteiger partial charge < -0.3 is 4.42 Å². The van der Waals surface area contributed by atoms with Crippen LogP contribution in [0.1, 0.15) is 18.4 Å². The minimum Gasteiger partial charge on any atom is -0.465 e. The topological polar surface area (TPSA) is 16.4 Å². The molecule has 0 fully saturated rings. The first-order valence-electron chi connectivity index (χ1n) is 4.91. The van der Waals surface area contributed by atoms with Gasteiger partial charge in [-0.3, -0.25) is 4.90 Å². The molecule has 3 heteroatoms. The lowest BCUT2D eigenvalue weighted by Gasteiger charge is -2.18. The van der Waals surface area contributed by atoms with E-state index >= 15 is 0 Å². The molecule has 1 atom stereocenters. The number of aryl methyl sites for hydroxylation is 1. The highest BCUT2D eigenvalue weighted by molar-refractivity contribution is 6.18. The number of halogens is 1. The summed E-state index contributed by atoms with van der Waals surface area (Å²) in [6.45, 7) is 5.97. The zero-order valence-electron chi connectivity index (χ0n) is 9.09. The monoisotopic (exact) mass is 215 g/mol. The van der Waals surface area contributed by atoms with Gasteiger partial charge in [0.05, 0.1) is 6.54 Å². The van der Waals surface area contributed by atoms with Crippen molar-refractivity contribution in [2.24, 2.45) is 5.92 Å². The van der Waals surface area contributed by atoms with Gasteiger partial charge in [0, 0.05) is 12.4 Å². The van der Waals surface area contributed by atoms with Crippen LogP contribution in [0, 0.1) is 12.8 Å². The second kappa shape index (κ2) is 5.42. The Kier molecular flexibility index (Phi) is 4.49. The summed E-state index contributed by atoms with van der Waals surface area (Å²) in [5.41, 5.74) is 0. The summed E-state index contributed by atoms with van der Waals surface area (Å²) in [4.78, 5) is 2.23.